The predicted octanol–water partition coefficient (Wildman–Crippen LogP) is 3.23. The van der Waals surface area contributed by atoms with Crippen LogP contribution in [0.15, 0.2) is 24.3 Å². The van der Waals surface area contributed by atoms with Crippen LogP contribution in [-0.4, -0.2) is 59.4 Å². The summed E-state index contributed by atoms with van der Waals surface area (Å²) in [6.45, 7) is 5.50. The number of rotatable bonds is 5. The molecule has 0 radical (unpaired) electrons. The molecule has 2 heterocycles. The number of benzene rings is 1. The molecule has 2 aliphatic rings. The van der Waals surface area contributed by atoms with Crippen molar-refractivity contribution >= 4 is 24.2 Å². The standard InChI is InChI=1S/C22H33N3O3.ClH/c1-16-6-5-7-17(2)25(16)21(26)15-28-20-11-9-18(10-12-20)22(27)24-13-4-3-8-19(24)14-23;/h9-12,16-17,19H,3-8,13-15,23H2,1-2H3;1H. The van der Waals surface area contributed by atoms with Crippen molar-refractivity contribution in [3.8, 4) is 5.75 Å². The second-order valence-corrected chi connectivity index (χ2v) is 8.13. The van der Waals surface area contributed by atoms with Gasteiger partial charge in [-0.1, -0.05) is 0 Å². The van der Waals surface area contributed by atoms with Crippen LogP contribution in [0.5, 0.6) is 5.75 Å². The number of hydrogen-bond donors (Lipinski definition) is 1. The van der Waals surface area contributed by atoms with Gasteiger partial charge in [-0.2, -0.15) is 0 Å². The third-order valence-electron chi connectivity index (χ3n) is 6.11. The van der Waals surface area contributed by atoms with Gasteiger partial charge in [0.1, 0.15) is 5.75 Å². The quantitative estimate of drug-likeness (QED) is 0.788. The Balaban J connectivity index is 0.00000300. The fourth-order valence-corrected chi connectivity index (χ4v) is 4.51. The van der Waals surface area contributed by atoms with Crippen molar-refractivity contribution in [1.82, 2.24) is 9.80 Å². The van der Waals surface area contributed by atoms with E-state index in [9.17, 15) is 9.59 Å². The lowest BCUT2D eigenvalue weighted by Gasteiger charge is -2.39. The van der Waals surface area contributed by atoms with Crippen LogP contribution in [0.2, 0.25) is 0 Å². The van der Waals surface area contributed by atoms with Crippen LogP contribution in [0.3, 0.4) is 0 Å². The normalized spacial score (nSPS) is 24.6. The highest BCUT2D eigenvalue weighted by Crippen LogP contribution is 2.23. The van der Waals surface area contributed by atoms with Crippen molar-refractivity contribution in [2.24, 2.45) is 5.73 Å². The number of amides is 2. The van der Waals surface area contributed by atoms with Crippen molar-refractivity contribution in [3.63, 3.8) is 0 Å². The fourth-order valence-electron chi connectivity index (χ4n) is 4.51. The highest BCUT2D eigenvalue weighted by molar-refractivity contribution is 5.94. The summed E-state index contributed by atoms with van der Waals surface area (Å²) in [7, 11) is 0. The van der Waals surface area contributed by atoms with Gasteiger partial charge in [0.2, 0.25) is 0 Å². The number of carbonyl (C=O) groups excluding carboxylic acids is 2. The van der Waals surface area contributed by atoms with Crippen molar-refractivity contribution in [2.75, 3.05) is 19.7 Å². The Morgan fingerprint density at radius 2 is 1.69 bits per heavy atom. The van der Waals surface area contributed by atoms with E-state index in [1.807, 2.05) is 9.80 Å². The van der Waals surface area contributed by atoms with Crippen LogP contribution in [0.1, 0.15) is 62.7 Å². The molecule has 2 amide bonds. The van der Waals surface area contributed by atoms with Gasteiger partial charge in [0.15, 0.2) is 6.61 Å². The van der Waals surface area contributed by atoms with E-state index in [-0.39, 0.29) is 49.0 Å². The van der Waals surface area contributed by atoms with Gasteiger partial charge < -0.3 is 20.3 Å². The highest BCUT2D eigenvalue weighted by atomic mass is 35.5. The molecule has 1 aromatic carbocycles. The zero-order chi connectivity index (χ0) is 20.1. The molecule has 2 N–H and O–H groups in total. The van der Waals surface area contributed by atoms with E-state index in [2.05, 4.69) is 13.8 Å². The predicted molar refractivity (Wildman–Crippen MR) is 117 cm³/mol. The fraction of sp³-hybridized carbons (Fsp3) is 0.636. The minimum absolute atomic E-state index is 0. The van der Waals surface area contributed by atoms with Crippen LogP contribution >= 0.6 is 12.4 Å². The first-order valence-electron chi connectivity index (χ1n) is 10.6. The number of carbonyl (C=O) groups is 2. The molecule has 0 spiro atoms. The van der Waals surface area contributed by atoms with Crippen LogP contribution in [-0.2, 0) is 4.79 Å². The summed E-state index contributed by atoms with van der Waals surface area (Å²) in [5.41, 5.74) is 6.47. The van der Waals surface area contributed by atoms with E-state index in [1.54, 1.807) is 24.3 Å². The second kappa shape index (κ2) is 10.8. The molecule has 7 heteroatoms. The molecule has 29 heavy (non-hydrogen) atoms. The zero-order valence-electron chi connectivity index (χ0n) is 17.5. The number of piperidine rings is 2. The first kappa shape index (κ1) is 23.5. The first-order valence-corrected chi connectivity index (χ1v) is 10.6. The third-order valence-corrected chi connectivity index (χ3v) is 6.11. The lowest BCUT2D eigenvalue weighted by Crippen LogP contribution is -2.49. The zero-order valence-corrected chi connectivity index (χ0v) is 18.3. The van der Waals surface area contributed by atoms with Crippen LogP contribution in [0.25, 0.3) is 0 Å². The molecule has 6 nitrogen and oxygen atoms in total. The van der Waals surface area contributed by atoms with Crippen LogP contribution in [0, 0.1) is 0 Å². The molecule has 0 saturated carbocycles. The van der Waals surface area contributed by atoms with Gasteiger partial charge in [-0.15, -0.1) is 12.4 Å². The summed E-state index contributed by atoms with van der Waals surface area (Å²) in [6, 6.07) is 7.74. The summed E-state index contributed by atoms with van der Waals surface area (Å²) in [5, 5.41) is 0. The van der Waals surface area contributed by atoms with Gasteiger partial charge >= 0.3 is 0 Å². The van der Waals surface area contributed by atoms with Crippen LogP contribution < -0.4 is 10.5 Å². The first-order chi connectivity index (χ1) is 13.5. The molecule has 2 saturated heterocycles. The van der Waals surface area contributed by atoms with Crippen molar-refractivity contribution < 1.29 is 14.3 Å². The van der Waals surface area contributed by atoms with Crippen molar-refractivity contribution in [1.29, 1.82) is 0 Å². The van der Waals surface area contributed by atoms with E-state index < -0.39 is 0 Å². The average Bonchev–Trinajstić information content (AvgIpc) is 2.72. The Morgan fingerprint density at radius 3 is 2.31 bits per heavy atom. The lowest BCUT2D eigenvalue weighted by atomic mass is 9.97. The summed E-state index contributed by atoms with van der Waals surface area (Å²) in [6.07, 6.45) is 6.39. The monoisotopic (exact) mass is 423 g/mol. The Bertz CT molecular complexity index is 672. The molecule has 0 aliphatic carbocycles. The SMILES string of the molecule is CC1CCCC(C)N1C(=O)COc1ccc(C(=O)N2CCCCC2CN)cc1.Cl. The number of nitrogens with two attached hydrogens (primary N) is 1. The van der Waals surface area contributed by atoms with E-state index >= 15 is 0 Å². The minimum Gasteiger partial charge on any atom is -0.484 e. The molecule has 1 aromatic rings. The maximum absolute atomic E-state index is 12.8. The van der Waals surface area contributed by atoms with Gasteiger partial charge in [-0.05, 0) is 76.6 Å². The van der Waals surface area contributed by atoms with E-state index in [0.717, 1.165) is 38.6 Å². The van der Waals surface area contributed by atoms with Gasteiger partial charge in [-0.25, -0.2) is 0 Å². The number of halogens is 1. The minimum atomic E-state index is 0. The van der Waals surface area contributed by atoms with E-state index in [0.29, 0.717) is 17.9 Å². The van der Waals surface area contributed by atoms with Gasteiger partial charge in [0.05, 0.1) is 0 Å². The molecule has 0 aromatic heterocycles. The molecular formula is C22H34ClN3O3. The highest BCUT2D eigenvalue weighted by Gasteiger charge is 2.29. The molecule has 162 valence electrons. The summed E-state index contributed by atoms with van der Waals surface area (Å²) < 4.78 is 5.70. The topological polar surface area (TPSA) is 75.9 Å². The Hall–Kier alpha value is -1.79. The van der Waals surface area contributed by atoms with E-state index in [4.69, 9.17) is 10.5 Å². The maximum Gasteiger partial charge on any atom is 0.260 e. The number of hydrogen-bond acceptors (Lipinski definition) is 4. The van der Waals surface area contributed by atoms with Gasteiger partial charge in [0.25, 0.3) is 11.8 Å². The van der Waals surface area contributed by atoms with Crippen molar-refractivity contribution in [3.05, 3.63) is 29.8 Å². The van der Waals surface area contributed by atoms with Crippen molar-refractivity contribution in [2.45, 2.75) is 70.5 Å². The van der Waals surface area contributed by atoms with E-state index in [1.165, 1.54) is 6.42 Å². The molecule has 2 aliphatic heterocycles. The molecule has 0 bridgehead atoms. The van der Waals surface area contributed by atoms with Crippen LogP contribution in [0.4, 0.5) is 0 Å². The number of nitrogens with zero attached hydrogens (tertiary/aromatic N) is 2. The maximum atomic E-state index is 12.8. The number of ether oxygens (including phenoxy) is 1. The molecule has 3 atom stereocenters. The molecule has 3 rings (SSSR count). The molecule has 2 fully saturated rings. The van der Waals surface area contributed by atoms with Gasteiger partial charge in [0, 0.05) is 36.8 Å². The summed E-state index contributed by atoms with van der Waals surface area (Å²) in [5.74, 6) is 0.656. The second-order valence-electron chi connectivity index (χ2n) is 8.13. The lowest BCUT2D eigenvalue weighted by molar-refractivity contribution is -0.139. The Labute approximate surface area is 180 Å². The Morgan fingerprint density at radius 1 is 1.03 bits per heavy atom. The third kappa shape index (κ3) is 5.64. The smallest absolute Gasteiger partial charge is 0.260 e. The summed E-state index contributed by atoms with van der Waals surface area (Å²) >= 11 is 0. The molecule has 3 unspecified atom stereocenters. The Kier molecular flexibility index (Phi) is 8.78. The largest absolute Gasteiger partial charge is 0.484 e. The van der Waals surface area contributed by atoms with Gasteiger partial charge in [-0.3, -0.25) is 9.59 Å². The average molecular weight is 424 g/mol. The molecular weight excluding hydrogens is 390 g/mol. The number of likely N-dealkylation sites (tertiary alicyclic amines) is 2. The summed E-state index contributed by atoms with van der Waals surface area (Å²) in [4.78, 5) is 29.2.